The summed E-state index contributed by atoms with van der Waals surface area (Å²) < 4.78 is 2.00. The van der Waals surface area contributed by atoms with Crippen LogP contribution >= 0.6 is 22.9 Å². The highest BCUT2D eigenvalue weighted by molar-refractivity contribution is 7.13. The van der Waals surface area contributed by atoms with Crippen LogP contribution in [0.15, 0.2) is 23.7 Å². The van der Waals surface area contributed by atoms with Gasteiger partial charge in [-0.25, -0.2) is 0 Å². The van der Waals surface area contributed by atoms with Gasteiger partial charge in [-0.2, -0.15) is 5.10 Å². The Morgan fingerprint density at radius 2 is 2.31 bits per heavy atom. The van der Waals surface area contributed by atoms with Gasteiger partial charge in [0.05, 0.1) is 10.8 Å². The Balaban J connectivity index is 2.33. The maximum atomic E-state index is 5.95. The molecule has 0 aliphatic rings. The Bertz CT molecular complexity index is 446. The number of rotatable bonds is 4. The van der Waals surface area contributed by atoms with Gasteiger partial charge in [-0.05, 0) is 17.4 Å². The van der Waals surface area contributed by atoms with Gasteiger partial charge in [0.25, 0.3) is 0 Å². The van der Waals surface area contributed by atoms with Crippen molar-refractivity contribution in [1.29, 1.82) is 0 Å². The Hall–Kier alpha value is -0.800. The zero-order valence-corrected chi connectivity index (χ0v) is 11.1. The van der Waals surface area contributed by atoms with Crippen molar-refractivity contribution in [3.05, 3.63) is 29.3 Å². The molecule has 2 aromatic rings. The molecule has 0 saturated heterocycles. The van der Waals surface area contributed by atoms with Crippen molar-refractivity contribution in [2.75, 3.05) is 0 Å². The van der Waals surface area contributed by atoms with Crippen LogP contribution in [0.2, 0.25) is 0 Å². The van der Waals surface area contributed by atoms with E-state index >= 15 is 0 Å². The fourth-order valence-corrected chi connectivity index (χ4v) is 2.59. The van der Waals surface area contributed by atoms with Gasteiger partial charge in [0, 0.05) is 18.3 Å². The summed E-state index contributed by atoms with van der Waals surface area (Å²) in [5, 5.41) is 6.67. The minimum absolute atomic E-state index is 0.519. The standard InChI is InChI=1S/C12H15ClN2S/c1-9(2)7-15-8-10(6-13)12(14-15)11-4-3-5-16-11/h3-5,8-9H,6-7H2,1-2H3. The summed E-state index contributed by atoms with van der Waals surface area (Å²) >= 11 is 7.65. The zero-order valence-electron chi connectivity index (χ0n) is 9.48. The second-order valence-electron chi connectivity index (χ2n) is 4.23. The highest BCUT2D eigenvalue weighted by Crippen LogP contribution is 2.27. The van der Waals surface area contributed by atoms with E-state index in [1.165, 1.54) is 4.88 Å². The number of alkyl halides is 1. The van der Waals surface area contributed by atoms with E-state index in [4.69, 9.17) is 11.6 Å². The SMILES string of the molecule is CC(C)Cn1cc(CCl)c(-c2cccs2)n1. The van der Waals surface area contributed by atoms with E-state index in [9.17, 15) is 0 Å². The Morgan fingerprint density at radius 1 is 1.50 bits per heavy atom. The lowest BCUT2D eigenvalue weighted by Crippen LogP contribution is -2.04. The van der Waals surface area contributed by atoms with Gasteiger partial charge >= 0.3 is 0 Å². The average molecular weight is 255 g/mol. The van der Waals surface area contributed by atoms with Crippen LogP contribution < -0.4 is 0 Å². The van der Waals surface area contributed by atoms with Crippen LogP contribution in [0.4, 0.5) is 0 Å². The van der Waals surface area contributed by atoms with Crippen molar-refractivity contribution in [3.8, 4) is 10.6 Å². The molecule has 86 valence electrons. The maximum absolute atomic E-state index is 5.95. The van der Waals surface area contributed by atoms with Crippen molar-refractivity contribution in [1.82, 2.24) is 9.78 Å². The molecule has 2 aromatic heterocycles. The Kier molecular flexibility index (Phi) is 3.66. The lowest BCUT2D eigenvalue weighted by molar-refractivity contribution is 0.484. The van der Waals surface area contributed by atoms with Crippen molar-refractivity contribution < 1.29 is 0 Å². The molecule has 2 nitrogen and oxygen atoms in total. The number of hydrogen-bond donors (Lipinski definition) is 0. The predicted molar refractivity (Wildman–Crippen MR) is 69.9 cm³/mol. The predicted octanol–water partition coefficient (Wildman–Crippen LogP) is 4.01. The fraction of sp³-hybridized carbons (Fsp3) is 0.417. The molecule has 0 fully saturated rings. The van der Waals surface area contributed by atoms with Crippen molar-refractivity contribution in [2.24, 2.45) is 5.92 Å². The van der Waals surface area contributed by atoms with Gasteiger partial charge in [-0.15, -0.1) is 22.9 Å². The molecule has 0 spiro atoms. The van der Waals surface area contributed by atoms with E-state index in [1.54, 1.807) is 11.3 Å². The van der Waals surface area contributed by atoms with E-state index < -0.39 is 0 Å². The van der Waals surface area contributed by atoms with Crippen molar-refractivity contribution in [3.63, 3.8) is 0 Å². The molecule has 0 aliphatic carbocycles. The van der Waals surface area contributed by atoms with Gasteiger partial charge in [0.15, 0.2) is 0 Å². The average Bonchev–Trinajstić information content (AvgIpc) is 2.83. The van der Waals surface area contributed by atoms with Gasteiger partial charge in [-0.1, -0.05) is 19.9 Å². The van der Waals surface area contributed by atoms with Crippen LogP contribution in [0.3, 0.4) is 0 Å². The third-order valence-corrected chi connectivity index (χ3v) is 3.45. The van der Waals surface area contributed by atoms with Crippen molar-refractivity contribution >= 4 is 22.9 Å². The summed E-state index contributed by atoms with van der Waals surface area (Å²) in [4.78, 5) is 1.19. The number of thiophene rings is 1. The Morgan fingerprint density at radius 3 is 2.88 bits per heavy atom. The van der Waals surface area contributed by atoms with Gasteiger partial charge in [0.1, 0.15) is 5.69 Å². The molecule has 2 rings (SSSR count). The van der Waals surface area contributed by atoms with Crippen molar-refractivity contribution in [2.45, 2.75) is 26.3 Å². The molecule has 0 atom stereocenters. The third-order valence-electron chi connectivity index (χ3n) is 2.29. The summed E-state index contributed by atoms with van der Waals surface area (Å²) in [6, 6.07) is 4.13. The van der Waals surface area contributed by atoms with Crippen LogP contribution in [0.5, 0.6) is 0 Å². The summed E-state index contributed by atoms with van der Waals surface area (Å²) in [6.07, 6.45) is 2.06. The second-order valence-corrected chi connectivity index (χ2v) is 5.44. The molecule has 2 heterocycles. The Labute approximate surface area is 105 Å². The number of hydrogen-bond acceptors (Lipinski definition) is 2. The first-order valence-electron chi connectivity index (χ1n) is 5.37. The van der Waals surface area contributed by atoms with Gasteiger partial charge in [0.2, 0.25) is 0 Å². The molecule has 0 N–H and O–H groups in total. The highest BCUT2D eigenvalue weighted by Gasteiger charge is 2.11. The monoisotopic (exact) mass is 254 g/mol. The number of nitrogens with zero attached hydrogens (tertiary/aromatic N) is 2. The van der Waals surface area contributed by atoms with E-state index in [1.807, 2.05) is 10.7 Å². The van der Waals surface area contributed by atoms with E-state index in [0.717, 1.165) is 17.8 Å². The maximum Gasteiger partial charge on any atom is 0.107 e. The molecular formula is C12H15ClN2S. The first kappa shape index (κ1) is 11.7. The highest BCUT2D eigenvalue weighted by atomic mass is 35.5. The lowest BCUT2D eigenvalue weighted by Gasteiger charge is -2.03. The van der Waals surface area contributed by atoms with Crippen LogP contribution in [0.1, 0.15) is 19.4 Å². The summed E-state index contributed by atoms with van der Waals surface area (Å²) in [5.41, 5.74) is 2.15. The lowest BCUT2D eigenvalue weighted by atomic mass is 10.2. The molecule has 0 amide bonds. The molecular weight excluding hydrogens is 240 g/mol. The van der Waals surface area contributed by atoms with Gasteiger partial charge in [-0.3, -0.25) is 4.68 Å². The van der Waals surface area contributed by atoms with Crippen LogP contribution in [-0.4, -0.2) is 9.78 Å². The molecule has 4 heteroatoms. The minimum atomic E-state index is 0.519. The second kappa shape index (κ2) is 5.02. The minimum Gasteiger partial charge on any atom is -0.272 e. The quantitative estimate of drug-likeness (QED) is 0.754. The summed E-state index contributed by atoms with van der Waals surface area (Å²) in [6.45, 7) is 5.31. The first-order valence-corrected chi connectivity index (χ1v) is 6.78. The van der Waals surface area contributed by atoms with E-state index in [2.05, 4.69) is 36.6 Å². The molecule has 0 bridgehead atoms. The fourth-order valence-electron chi connectivity index (χ4n) is 1.65. The molecule has 0 saturated carbocycles. The number of aromatic nitrogens is 2. The smallest absolute Gasteiger partial charge is 0.107 e. The van der Waals surface area contributed by atoms with E-state index in [-0.39, 0.29) is 0 Å². The summed E-state index contributed by atoms with van der Waals surface area (Å²) in [7, 11) is 0. The normalized spacial score (nSPS) is 11.2. The molecule has 0 aliphatic heterocycles. The van der Waals surface area contributed by atoms with Crippen LogP contribution in [0.25, 0.3) is 10.6 Å². The molecule has 0 aromatic carbocycles. The van der Waals surface area contributed by atoms with E-state index in [0.29, 0.717) is 11.8 Å². The summed E-state index contributed by atoms with van der Waals surface area (Å²) in [5.74, 6) is 1.12. The first-order chi connectivity index (χ1) is 7.70. The van der Waals surface area contributed by atoms with Crippen LogP contribution in [0, 0.1) is 5.92 Å². The molecule has 0 unspecified atom stereocenters. The zero-order chi connectivity index (χ0) is 11.5. The third kappa shape index (κ3) is 2.47. The largest absolute Gasteiger partial charge is 0.272 e. The van der Waals surface area contributed by atoms with Crippen LogP contribution in [-0.2, 0) is 12.4 Å². The topological polar surface area (TPSA) is 17.8 Å². The molecule has 0 radical (unpaired) electrons. The van der Waals surface area contributed by atoms with Gasteiger partial charge < -0.3 is 0 Å². The molecule has 16 heavy (non-hydrogen) atoms. The number of halogens is 1.